The first kappa shape index (κ1) is 15.1. The van der Waals surface area contributed by atoms with Gasteiger partial charge in [-0.05, 0) is 11.1 Å². The molecule has 0 aliphatic carbocycles. The van der Waals surface area contributed by atoms with Gasteiger partial charge in [0.2, 0.25) is 0 Å². The first-order chi connectivity index (χ1) is 9.22. The molecule has 19 heavy (non-hydrogen) atoms. The largest absolute Gasteiger partial charge is 0.478 e. The highest BCUT2D eigenvalue weighted by Gasteiger charge is 2.00. The molecule has 1 N–H and O–H groups in total. The Hall–Kier alpha value is -1.91. The van der Waals surface area contributed by atoms with Crippen LogP contribution in [0.1, 0.15) is 5.56 Å². The van der Waals surface area contributed by atoms with Crippen LogP contribution in [0, 0.1) is 0 Å². The predicted molar refractivity (Wildman–Crippen MR) is 73.9 cm³/mol. The van der Waals surface area contributed by atoms with E-state index in [9.17, 15) is 4.79 Å². The van der Waals surface area contributed by atoms with Gasteiger partial charge in [-0.2, -0.15) is 0 Å². The van der Waals surface area contributed by atoms with Gasteiger partial charge < -0.3 is 14.6 Å². The number of hydrogen-bond donors (Lipinski definition) is 1. The normalized spacial score (nSPS) is 11.9. The van der Waals surface area contributed by atoms with Gasteiger partial charge in [0.25, 0.3) is 0 Å². The third-order valence-corrected chi connectivity index (χ3v) is 2.27. The van der Waals surface area contributed by atoms with Crippen molar-refractivity contribution in [1.82, 2.24) is 0 Å². The quantitative estimate of drug-likeness (QED) is 0.577. The summed E-state index contributed by atoms with van der Waals surface area (Å²) in [5.41, 5.74) is 1.70. The smallest absolute Gasteiger partial charge is 0.328 e. The number of aliphatic carboxylic acids is 1. The summed E-state index contributed by atoms with van der Waals surface area (Å²) in [6.45, 7) is 0.934. The molecular weight excluding hydrogens is 244 g/mol. The topological polar surface area (TPSA) is 55.8 Å². The molecule has 0 unspecified atom stereocenters. The molecule has 0 atom stereocenters. The van der Waals surface area contributed by atoms with E-state index in [1.165, 1.54) is 7.11 Å². The van der Waals surface area contributed by atoms with Crippen LogP contribution in [0.3, 0.4) is 0 Å². The molecule has 4 heteroatoms. The third kappa shape index (κ3) is 7.18. The Morgan fingerprint density at radius 1 is 1.26 bits per heavy atom. The lowest BCUT2D eigenvalue weighted by molar-refractivity contribution is -0.131. The van der Waals surface area contributed by atoms with Crippen molar-refractivity contribution in [1.29, 1.82) is 0 Å². The van der Waals surface area contributed by atoms with E-state index in [0.29, 0.717) is 12.2 Å². The highest BCUT2D eigenvalue weighted by atomic mass is 16.5. The second-order valence-corrected chi connectivity index (χ2v) is 3.90. The number of ether oxygens (including phenoxy) is 2. The van der Waals surface area contributed by atoms with Crippen LogP contribution in [-0.4, -0.2) is 38.0 Å². The molecule has 4 nitrogen and oxygen atoms in total. The maximum absolute atomic E-state index is 10.6. The van der Waals surface area contributed by atoms with Crippen molar-refractivity contribution < 1.29 is 19.4 Å². The first-order valence-corrected chi connectivity index (χ1v) is 5.93. The summed E-state index contributed by atoms with van der Waals surface area (Å²) < 4.78 is 10.3. The maximum Gasteiger partial charge on any atom is 0.328 e. The minimum atomic E-state index is -0.990. The highest BCUT2D eigenvalue weighted by Crippen LogP contribution is 2.01. The summed E-state index contributed by atoms with van der Waals surface area (Å²) in [7, 11) is 1.52. The number of carbonyl (C=O) groups is 1. The lowest BCUT2D eigenvalue weighted by Gasteiger charge is -2.05. The second-order valence-electron chi connectivity index (χ2n) is 3.90. The van der Waals surface area contributed by atoms with Gasteiger partial charge in [0.15, 0.2) is 0 Å². The van der Waals surface area contributed by atoms with Crippen LogP contribution in [0.4, 0.5) is 0 Å². The first-order valence-electron chi connectivity index (χ1n) is 5.93. The van der Waals surface area contributed by atoms with E-state index in [2.05, 4.69) is 0 Å². The fourth-order valence-corrected chi connectivity index (χ4v) is 1.49. The van der Waals surface area contributed by atoms with Gasteiger partial charge in [-0.25, -0.2) is 4.79 Å². The van der Waals surface area contributed by atoms with Crippen LogP contribution in [0.2, 0.25) is 0 Å². The highest BCUT2D eigenvalue weighted by molar-refractivity contribution is 5.80. The number of benzene rings is 1. The summed E-state index contributed by atoms with van der Waals surface area (Å²) in [6.07, 6.45) is 4.96. The van der Waals surface area contributed by atoms with E-state index in [0.717, 1.165) is 11.6 Å². The summed E-state index contributed by atoms with van der Waals surface area (Å²) in [5.74, 6) is -0.990. The number of carboxylic acids is 1. The van der Waals surface area contributed by atoms with Crippen molar-refractivity contribution in [2.75, 3.05) is 26.9 Å². The fourth-order valence-electron chi connectivity index (χ4n) is 1.49. The molecule has 1 rings (SSSR count). The number of carboxylic acid groups (broad SMARTS) is 1. The molecule has 0 saturated carbocycles. The zero-order chi connectivity index (χ0) is 13.9. The van der Waals surface area contributed by atoms with Crippen LogP contribution < -0.4 is 0 Å². The molecule has 0 radical (unpaired) electrons. The van der Waals surface area contributed by atoms with Crippen molar-refractivity contribution >= 4 is 12.0 Å². The van der Waals surface area contributed by atoms with E-state index in [1.54, 1.807) is 0 Å². The van der Waals surface area contributed by atoms with Crippen LogP contribution in [0.25, 0.3) is 6.08 Å². The molecule has 0 bridgehead atoms. The summed E-state index contributed by atoms with van der Waals surface area (Å²) in [5, 5.41) is 8.66. The van der Waals surface area contributed by atoms with E-state index in [1.807, 2.05) is 42.5 Å². The lowest BCUT2D eigenvalue weighted by Crippen LogP contribution is -2.06. The second kappa shape index (κ2) is 9.08. The van der Waals surface area contributed by atoms with E-state index in [-0.39, 0.29) is 13.2 Å². The monoisotopic (exact) mass is 262 g/mol. The maximum atomic E-state index is 10.6. The fraction of sp³-hybridized carbons (Fsp3) is 0.267. The van der Waals surface area contributed by atoms with Crippen LogP contribution in [0.5, 0.6) is 0 Å². The molecule has 0 spiro atoms. The molecule has 0 amide bonds. The Kier molecular flexibility index (Phi) is 7.24. The Morgan fingerprint density at radius 2 is 2.00 bits per heavy atom. The van der Waals surface area contributed by atoms with Crippen LogP contribution >= 0.6 is 0 Å². The van der Waals surface area contributed by atoms with Gasteiger partial charge in [0.1, 0.15) is 0 Å². The number of hydrogen-bond acceptors (Lipinski definition) is 3. The molecule has 1 aromatic carbocycles. The van der Waals surface area contributed by atoms with Gasteiger partial charge in [0, 0.05) is 13.2 Å². The molecule has 0 fully saturated rings. The SMILES string of the molecule is COC/C(=C/C(=O)O)COC/C=C/c1ccccc1. The minimum absolute atomic E-state index is 0.249. The van der Waals surface area contributed by atoms with Gasteiger partial charge in [0.05, 0.1) is 19.8 Å². The van der Waals surface area contributed by atoms with Crippen molar-refractivity contribution in [3.05, 3.63) is 53.6 Å². The van der Waals surface area contributed by atoms with E-state index >= 15 is 0 Å². The lowest BCUT2D eigenvalue weighted by atomic mass is 10.2. The predicted octanol–water partition coefficient (Wildman–Crippen LogP) is 2.37. The van der Waals surface area contributed by atoms with E-state index in [4.69, 9.17) is 14.6 Å². The van der Waals surface area contributed by atoms with Gasteiger partial charge in [-0.15, -0.1) is 0 Å². The molecule has 0 aliphatic heterocycles. The third-order valence-electron chi connectivity index (χ3n) is 2.27. The molecule has 0 aromatic heterocycles. The number of rotatable bonds is 8. The zero-order valence-electron chi connectivity index (χ0n) is 10.9. The summed E-state index contributed by atoms with van der Waals surface area (Å²) in [6, 6.07) is 9.88. The molecular formula is C15H18O4. The molecule has 0 aliphatic rings. The van der Waals surface area contributed by atoms with Crippen molar-refractivity contribution in [3.63, 3.8) is 0 Å². The Morgan fingerprint density at radius 3 is 2.63 bits per heavy atom. The van der Waals surface area contributed by atoms with E-state index < -0.39 is 5.97 Å². The van der Waals surface area contributed by atoms with Gasteiger partial charge >= 0.3 is 5.97 Å². The average molecular weight is 262 g/mol. The van der Waals surface area contributed by atoms with Crippen molar-refractivity contribution in [3.8, 4) is 0 Å². The molecule has 0 saturated heterocycles. The minimum Gasteiger partial charge on any atom is -0.478 e. The van der Waals surface area contributed by atoms with Crippen molar-refractivity contribution in [2.45, 2.75) is 0 Å². The van der Waals surface area contributed by atoms with Crippen LogP contribution in [-0.2, 0) is 14.3 Å². The summed E-state index contributed by atoms with van der Waals surface area (Å²) in [4.78, 5) is 10.6. The molecule has 1 aromatic rings. The van der Waals surface area contributed by atoms with Crippen LogP contribution in [0.15, 0.2) is 48.1 Å². The molecule has 102 valence electrons. The Balaban J connectivity index is 2.33. The van der Waals surface area contributed by atoms with Gasteiger partial charge in [-0.1, -0.05) is 42.5 Å². The summed E-state index contributed by atoms with van der Waals surface area (Å²) >= 11 is 0. The average Bonchev–Trinajstić information content (AvgIpc) is 2.39. The Labute approximate surface area is 113 Å². The van der Waals surface area contributed by atoms with Gasteiger partial charge in [-0.3, -0.25) is 0 Å². The number of methoxy groups -OCH3 is 1. The van der Waals surface area contributed by atoms with Crippen molar-refractivity contribution in [2.24, 2.45) is 0 Å². The molecule has 0 heterocycles. The standard InChI is InChI=1S/C15H18O4/c1-18-11-14(10-15(16)17)12-19-9-5-8-13-6-3-2-4-7-13/h2-8,10H,9,11-12H2,1H3,(H,16,17)/b8-5+,14-10-. The Bertz CT molecular complexity index is 435. The zero-order valence-corrected chi connectivity index (χ0v) is 10.9.